The van der Waals surface area contributed by atoms with Gasteiger partial charge in [-0.3, -0.25) is 19.4 Å². The van der Waals surface area contributed by atoms with E-state index in [0.29, 0.717) is 5.56 Å². The summed E-state index contributed by atoms with van der Waals surface area (Å²) in [4.78, 5) is 19.2. The van der Waals surface area contributed by atoms with Crippen LogP contribution in [0.25, 0.3) is 0 Å². The van der Waals surface area contributed by atoms with Gasteiger partial charge in [-0.05, 0) is 61.4 Å². The van der Waals surface area contributed by atoms with E-state index >= 15 is 0 Å². The highest BCUT2D eigenvalue weighted by Gasteiger charge is 2.22. The van der Waals surface area contributed by atoms with E-state index in [-0.39, 0.29) is 22.5 Å². The number of aromatic nitrogens is 1. The van der Waals surface area contributed by atoms with Gasteiger partial charge in [-0.25, -0.2) is 12.8 Å². The summed E-state index contributed by atoms with van der Waals surface area (Å²) < 4.78 is 41.1. The molecule has 7 nitrogen and oxygen atoms in total. The molecular formula is C24H25FN4O3S. The van der Waals surface area contributed by atoms with Crippen LogP contribution in [0.3, 0.4) is 0 Å². The second kappa shape index (κ2) is 10.1. The van der Waals surface area contributed by atoms with Crippen LogP contribution in [0.15, 0.2) is 77.8 Å². The maximum Gasteiger partial charge on any atom is 0.261 e. The van der Waals surface area contributed by atoms with Crippen molar-refractivity contribution in [3.05, 3.63) is 90.0 Å². The van der Waals surface area contributed by atoms with Crippen LogP contribution in [0.5, 0.6) is 0 Å². The van der Waals surface area contributed by atoms with Crippen molar-refractivity contribution in [3.63, 3.8) is 0 Å². The number of piperidine rings is 1. The summed E-state index contributed by atoms with van der Waals surface area (Å²) in [5.41, 5.74) is 1.27. The zero-order valence-corrected chi connectivity index (χ0v) is 18.8. The van der Waals surface area contributed by atoms with Gasteiger partial charge in [-0.2, -0.15) is 0 Å². The predicted molar refractivity (Wildman–Crippen MR) is 124 cm³/mol. The summed E-state index contributed by atoms with van der Waals surface area (Å²) in [6.45, 7) is 2.51. The van der Waals surface area contributed by atoms with Gasteiger partial charge in [0.05, 0.1) is 16.3 Å². The molecule has 33 heavy (non-hydrogen) atoms. The molecule has 0 unspecified atom stereocenters. The Balaban J connectivity index is 1.31. The molecule has 172 valence electrons. The molecule has 1 aliphatic heterocycles. The first-order valence-electron chi connectivity index (χ1n) is 10.7. The Labute approximate surface area is 192 Å². The Hall–Kier alpha value is -3.30. The molecule has 1 amide bonds. The number of nitrogens with zero attached hydrogens (tertiary/aromatic N) is 2. The lowest BCUT2D eigenvalue weighted by molar-refractivity contribution is 0.0908. The van der Waals surface area contributed by atoms with Gasteiger partial charge >= 0.3 is 0 Å². The van der Waals surface area contributed by atoms with Crippen LogP contribution in [0.2, 0.25) is 0 Å². The fourth-order valence-corrected chi connectivity index (χ4v) is 4.83. The molecule has 0 radical (unpaired) electrons. The third-order valence-electron chi connectivity index (χ3n) is 5.58. The van der Waals surface area contributed by atoms with Crippen molar-refractivity contribution in [3.8, 4) is 0 Å². The first kappa shape index (κ1) is 22.9. The summed E-state index contributed by atoms with van der Waals surface area (Å²) in [6, 6.07) is 17.1. The molecule has 1 aromatic heterocycles. The van der Waals surface area contributed by atoms with Crippen molar-refractivity contribution < 1.29 is 17.6 Å². The summed E-state index contributed by atoms with van der Waals surface area (Å²) in [5, 5.41) is 3.03. The largest absolute Gasteiger partial charge is 0.349 e. The summed E-state index contributed by atoms with van der Waals surface area (Å²) in [7, 11) is -3.97. The van der Waals surface area contributed by atoms with Gasteiger partial charge in [-0.1, -0.05) is 18.2 Å². The number of pyridine rings is 1. The number of hydrogen-bond donors (Lipinski definition) is 2. The molecule has 2 aromatic carbocycles. The fraction of sp³-hybridized carbons (Fsp3) is 0.250. The molecule has 1 aliphatic rings. The lowest BCUT2D eigenvalue weighted by Gasteiger charge is -2.32. The molecule has 1 fully saturated rings. The highest BCUT2D eigenvalue weighted by molar-refractivity contribution is 7.92. The highest BCUT2D eigenvalue weighted by atomic mass is 32.2. The number of carbonyl (C=O) groups is 1. The third kappa shape index (κ3) is 5.94. The molecular weight excluding hydrogens is 443 g/mol. The molecule has 4 rings (SSSR count). The zero-order chi connectivity index (χ0) is 23.3. The van der Waals surface area contributed by atoms with E-state index in [2.05, 4.69) is 19.9 Å². The van der Waals surface area contributed by atoms with Crippen molar-refractivity contribution in [2.45, 2.75) is 30.3 Å². The standard InChI is InChI=1S/C24H25FN4O3S/c25-22-6-1-2-7-23(22)28-33(31,32)21-10-8-18(9-11-21)24(30)27-19-12-15-29(16-13-19)17-20-5-3-4-14-26-20/h1-11,14,19,28H,12-13,15-17H2,(H,27,30). The molecule has 2 N–H and O–H groups in total. The van der Waals surface area contributed by atoms with Crippen LogP contribution >= 0.6 is 0 Å². The monoisotopic (exact) mass is 468 g/mol. The number of likely N-dealkylation sites (tertiary alicyclic amines) is 1. The lowest BCUT2D eigenvalue weighted by Crippen LogP contribution is -2.44. The van der Waals surface area contributed by atoms with Crippen LogP contribution < -0.4 is 10.0 Å². The minimum Gasteiger partial charge on any atom is -0.349 e. The Kier molecular flexibility index (Phi) is 7.00. The topological polar surface area (TPSA) is 91.4 Å². The number of halogens is 1. The minimum absolute atomic E-state index is 0.0508. The van der Waals surface area contributed by atoms with Crippen molar-refractivity contribution in [2.24, 2.45) is 0 Å². The van der Waals surface area contributed by atoms with Gasteiger partial charge < -0.3 is 5.32 Å². The number of amides is 1. The summed E-state index contributed by atoms with van der Waals surface area (Å²) >= 11 is 0. The Morgan fingerprint density at radius 1 is 1.00 bits per heavy atom. The van der Waals surface area contributed by atoms with Gasteiger partial charge in [0.15, 0.2) is 0 Å². The van der Waals surface area contributed by atoms with Crippen LogP contribution in [-0.2, 0) is 16.6 Å². The number of benzene rings is 2. The fourth-order valence-electron chi connectivity index (χ4n) is 3.76. The number of para-hydroxylation sites is 1. The van der Waals surface area contributed by atoms with Gasteiger partial charge in [0.1, 0.15) is 5.82 Å². The van der Waals surface area contributed by atoms with E-state index in [4.69, 9.17) is 0 Å². The van der Waals surface area contributed by atoms with Gasteiger partial charge in [0.25, 0.3) is 15.9 Å². The number of anilines is 1. The van der Waals surface area contributed by atoms with Gasteiger partial charge in [0, 0.05) is 37.4 Å². The van der Waals surface area contributed by atoms with E-state index in [9.17, 15) is 17.6 Å². The van der Waals surface area contributed by atoms with E-state index in [0.717, 1.165) is 38.2 Å². The minimum atomic E-state index is -3.97. The lowest BCUT2D eigenvalue weighted by atomic mass is 10.0. The van der Waals surface area contributed by atoms with Crippen LogP contribution in [0.1, 0.15) is 28.9 Å². The summed E-state index contributed by atoms with van der Waals surface area (Å²) in [6.07, 6.45) is 3.45. The van der Waals surface area contributed by atoms with Crippen LogP contribution in [0, 0.1) is 5.82 Å². The second-order valence-corrected chi connectivity index (χ2v) is 9.64. The molecule has 0 spiro atoms. The highest BCUT2D eigenvalue weighted by Crippen LogP contribution is 2.20. The molecule has 3 aromatic rings. The molecule has 0 bridgehead atoms. The second-order valence-electron chi connectivity index (χ2n) is 7.95. The maximum atomic E-state index is 13.8. The Morgan fingerprint density at radius 2 is 1.70 bits per heavy atom. The average molecular weight is 469 g/mol. The van der Waals surface area contributed by atoms with Gasteiger partial charge in [-0.15, -0.1) is 0 Å². The number of sulfonamides is 1. The van der Waals surface area contributed by atoms with Crippen molar-refractivity contribution in [1.82, 2.24) is 15.2 Å². The van der Waals surface area contributed by atoms with E-state index < -0.39 is 15.8 Å². The number of carbonyl (C=O) groups excluding carboxylic acids is 1. The first-order chi connectivity index (χ1) is 15.9. The average Bonchev–Trinajstić information content (AvgIpc) is 2.82. The quantitative estimate of drug-likeness (QED) is 0.555. The van der Waals surface area contributed by atoms with Crippen LogP contribution in [0.4, 0.5) is 10.1 Å². The Bertz CT molecular complexity index is 1200. The molecule has 0 atom stereocenters. The van der Waals surface area contributed by atoms with Crippen molar-refractivity contribution in [1.29, 1.82) is 0 Å². The molecule has 0 saturated carbocycles. The first-order valence-corrected chi connectivity index (χ1v) is 12.2. The van der Waals surface area contributed by atoms with Crippen LogP contribution in [-0.4, -0.2) is 43.3 Å². The number of nitrogens with one attached hydrogen (secondary N) is 2. The van der Waals surface area contributed by atoms with E-state index in [1.54, 1.807) is 6.20 Å². The predicted octanol–water partition coefficient (Wildman–Crippen LogP) is 3.42. The van der Waals surface area contributed by atoms with Crippen molar-refractivity contribution >= 4 is 21.6 Å². The SMILES string of the molecule is O=C(NC1CCN(Cc2ccccn2)CC1)c1ccc(S(=O)(=O)Nc2ccccc2F)cc1. The number of hydrogen-bond acceptors (Lipinski definition) is 5. The normalized spacial score (nSPS) is 15.2. The van der Waals surface area contributed by atoms with Gasteiger partial charge in [0.2, 0.25) is 0 Å². The molecule has 0 aliphatic carbocycles. The number of rotatable bonds is 7. The maximum absolute atomic E-state index is 13.8. The summed E-state index contributed by atoms with van der Waals surface area (Å²) in [5.74, 6) is -0.910. The zero-order valence-electron chi connectivity index (χ0n) is 17.9. The molecule has 1 saturated heterocycles. The van der Waals surface area contributed by atoms with Crippen molar-refractivity contribution in [2.75, 3.05) is 17.8 Å². The molecule has 2 heterocycles. The third-order valence-corrected chi connectivity index (χ3v) is 6.96. The van der Waals surface area contributed by atoms with E-state index in [1.165, 1.54) is 48.5 Å². The molecule has 9 heteroatoms. The Morgan fingerprint density at radius 3 is 2.36 bits per heavy atom. The smallest absolute Gasteiger partial charge is 0.261 e. The van der Waals surface area contributed by atoms with E-state index in [1.807, 2.05) is 18.2 Å².